The fourth-order valence-corrected chi connectivity index (χ4v) is 4.60. The van der Waals surface area contributed by atoms with Crippen LogP contribution in [-0.4, -0.2) is 47.5 Å². The summed E-state index contributed by atoms with van der Waals surface area (Å²) in [6.45, 7) is 2.20. The number of carbonyl (C=O) groups excluding carboxylic acids is 1. The maximum atomic E-state index is 11.8. The number of primary amides is 1. The number of benzene rings is 1. The summed E-state index contributed by atoms with van der Waals surface area (Å²) in [5.41, 5.74) is 11.2. The van der Waals surface area contributed by atoms with Gasteiger partial charge in [-0.15, -0.1) is 0 Å². The molecule has 0 aliphatic heterocycles. The van der Waals surface area contributed by atoms with E-state index < -0.39 is 15.7 Å². The molecule has 1 fully saturated rings. The van der Waals surface area contributed by atoms with Crippen molar-refractivity contribution in [2.24, 2.45) is 5.73 Å². The van der Waals surface area contributed by atoms with Gasteiger partial charge in [-0.05, 0) is 64.9 Å². The second-order valence-corrected chi connectivity index (χ2v) is 10.7. The number of sulfone groups is 1. The molecule has 10 heteroatoms. The number of aromatic nitrogens is 3. The first kappa shape index (κ1) is 20.8. The number of carbonyl (C=O) groups is 1. The molecule has 8 nitrogen and oxygen atoms in total. The van der Waals surface area contributed by atoms with E-state index in [1.54, 1.807) is 22.8 Å². The molecule has 1 saturated carbocycles. The molecule has 2 aromatic heterocycles. The molecule has 3 aromatic rings. The largest absolute Gasteiger partial charge is 0.381 e. The predicted molar refractivity (Wildman–Crippen MR) is 120 cm³/mol. The minimum atomic E-state index is -3.07. The minimum absolute atomic E-state index is 0.0201. The van der Waals surface area contributed by atoms with Crippen LogP contribution in [0.25, 0.3) is 16.9 Å². The van der Waals surface area contributed by atoms with Gasteiger partial charge in [0, 0.05) is 23.9 Å². The van der Waals surface area contributed by atoms with Gasteiger partial charge in [0.25, 0.3) is 0 Å². The Hall–Kier alpha value is -2.46. The first-order valence-electron chi connectivity index (χ1n) is 9.55. The minimum Gasteiger partial charge on any atom is -0.381 e. The number of fused-ring (bicyclic) bond motifs is 1. The molecular formula is C20H22BrN5O3S. The molecule has 3 N–H and O–H groups in total. The predicted octanol–water partition coefficient (Wildman–Crippen LogP) is 2.90. The molecule has 0 radical (unpaired) electrons. The van der Waals surface area contributed by atoms with Gasteiger partial charge in [0.05, 0.1) is 23.3 Å². The molecule has 1 aliphatic carbocycles. The second-order valence-electron chi connectivity index (χ2n) is 7.65. The standard InChI is InChI=1S/C20H22BrN5O3S/c1-11-13(19(22)27)5-6-14(18(11)12-3-4-12)16-10-24-20-15(9-17(21)25-26(16)20)23-7-8-30(2,28)29/h5-6,9-10,12,23H,3-4,7-8H2,1-2H3,(H2,22,27). The lowest BCUT2D eigenvalue weighted by Crippen LogP contribution is -2.15. The Kier molecular flexibility index (Phi) is 5.31. The van der Waals surface area contributed by atoms with Crippen molar-refractivity contribution in [1.29, 1.82) is 0 Å². The van der Waals surface area contributed by atoms with Gasteiger partial charge in [-0.3, -0.25) is 4.79 Å². The van der Waals surface area contributed by atoms with Crippen molar-refractivity contribution in [2.75, 3.05) is 23.9 Å². The Bertz CT molecular complexity index is 1270. The van der Waals surface area contributed by atoms with E-state index >= 15 is 0 Å². The summed E-state index contributed by atoms with van der Waals surface area (Å²) in [6.07, 6.45) is 5.10. The summed E-state index contributed by atoms with van der Waals surface area (Å²) in [4.78, 5) is 16.4. The summed E-state index contributed by atoms with van der Waals surface area (Å²) in [7, 11) is -3.07. The van der Waals surface area contributed by atoms with E-state index in [-0.39, 0.29) is 12.3 Å². The lowest BCUT2D eigenvalue weighted by Gasteiger charge is -2.15. The van der Waals surface area contributed by atoms with E-state index in [1.165, 1.54) is 6.26 Å². The SMILES string of the molecule is Cc1c(C(N)=O)ccc(-c2cnc3c(NCCS(C)(=O)=O)cc(Br)nn23)c1C1CC1. The molecule has 0 unspecified atom stereocenters. The van der Waals surface area contributed by atoms with E-state index in [9.17, 15) is 13.2 Å². The monoisotopic (exact) mass is 491 g/mol. The molecule has 1 aromatic carbocycles. The molecule has 0 saturated heterocycles. The topological polar surface area (TPSA) is 119 Å². The normalized spacial score (nSPS) is 14.2. The third-order valence-corrected chi connectivity index (χ3v) is 6.60. The third-order valence-electron chi connectivity index (χ3n) is 5.27. The highest BCUT2D eigenvalue weighted by Gasteiger charge is 2.30. The highest BCUT2D eigenvalue weighted by atomic mass is 79.9. The van der Waals surface area contributed by atoms with Gasteiger partial charge in [0.2, 0.25) is 5.91 Å². The van der Waals surface area contributed by atoms with Crippen LogP contribution in [0.15, 0.2) is 29.0 Å². The Morgan fingerprint density at radius 2 is 2.10 bits per heavy atom. The number of imidazole rings is 1. The fraction of sp³-hybridized carbons (Fsp3) is 0.350. The molecular weight excluding hydrogens is 470 g/mol. The van der Waals surface area contributed by atoms with Gasteiger partial charge in [0.1, 0.15) is 14.4 Å². The average molecular weight is 492 g/mol. The van der Waals surface area contributed by atoms with Crippen LogP contribution in [0.2, 0.25) is 0 Å². The molecule has 30 heavy (non-hydrogen) atoms. The highest BCUT2D eigenvalue weighted by molar-refractivity contribution is 9.10. The van der Waals surface area contributed by atoms with Crippen LogP contribution in [0.3, 0.4) is 0 Å². The van der Waals surface area contributed by atoms with Crippen LogP contribution in [0.5, 0.6) is 0 Å². The number of amides is 1. The van der Waals surface area contributed by atoms with Crippen molar-refractivity contribution >= 4 is 43.0 Å². The van der Waals surface area contributed by atoms with Gasteiger partial charge >= 0.3 is 0 Å². The van der Waals surface area contributed by atoms with Crippen LogP contribution < -0.4 is 11.1 Å². The van der Waals surface area contributed by atoms with Crippen molar-refractivity contribution in [3.63, 3.8) is 0 Å². The van der Waals surface area contributed by atoms with Crippen molar-refractivity contribution in [2.45, 2.75) is 25.7 Å². The summed E-state index contributed by atoms with van der Waals surface area (Å²) in [6, 6.07) is 5.43. The van der Waals surface area contributed by atoms with Crippen LogP contribution in [-0.2, 0) is 9.84 Å². The number of rotatable bonds is 7. The quantitative estimate of drug-likeness (QED) is 0.524. The lowest BCUT2D eigenvalue weighted by molar-refractivity contribution is 0.0999. The smallest absolute Gasteiger partial charge is 0.248 e. The summed E-state index contributed by atoms with van der Waals surface area (Å²) >= 11 is 3.43. The molecule has 0 atom stereocenters. The van der Waals surface area contributed by atoms with Crippen LogP contribution in [0, 0.1) is 6.92 Å². The number of halogens is 1. The maximum absolute atomic E-state index is 11.8. The number of nitrogens with zero attached hydrogens (tertiary/aromatic N) is 3. The Balaban J connectivity index is 1.81. The summed E-state index contributed by atoms with van der Waals surface area (Å²) in [5, 5.41) is 7.70. The number of nitrogens with one attached hydrogen (secondary N) is 1. The Morgan fingerprint density at radius 1 is 1.37 bits per heavy atom. The van der Waals surface area contributed by atoms with E-state index in [0.29, 0.717) is 27.4 Å². The molecule has 1 aliphatic rings. The molecule has 158 valence electrons. The number of anilines is 1. The molecule has 2 heterocycles. The first-order valence-corrected chi connectivity index (χ1v) is 12.4. The van der Waals surface area contributed by atoms with Crippen LogP contribution in [0.1, 0.15) is 40.2 Å². The zero-order valence-corrected chi connectivity index (χ0v) is 19.0. The van der Waals surface area contributed by atoms with E-state index in [0.717, 1.165) is 35.2 Å². The van der Waals surface area contributed by atoms with Gasteiger partial charge < -0.3 is 11.1 Å². The van der Waals surface area contributed by atoms with Gasteiger partial charge in [0.15, 0.2) is 5.65 Å². The summed E-state index contributed by atoms with van der Waals surface area (Å²) < 4.78 is 25.2. The number of hydrogen-bond acceptors (Lipinski definition) is 6. The van der Waals surface area contributed by atoms with Crippen molar-refractivity contribution in [3.8, 4) is 11.3 Å². The maximum Gasteiger partial charge on any atom is 0.248 e. The van der Waals surface area contributed by atoms with Gasteiger partial charge in [-0.1, -0.05) is 6.07 Å². The second kappa shape index (κ2) is 7.66. The molecule has 1 amide bonds. The van der Waals surface area contributed by atoms with Crippen molar-refractivity contribution in [1.82, 2.24) is 14.6 Å². The van der Waals surface area contributed by atoms with Crippen molar-refractivity contribution in [3.05, 3.63) is 45.7 Å². The van der Waals surface area contributed by atoms with Crippen molar-refractivity contribution < 1.29 is 13.2 Å². The van der Waals surface area contributed by atoms with E-state index in [1.807, 2.05) is 13.0 Å². The lowest BCUT2D eigenvalue weighted by atomic mass is 9.92. The summed E-state index contributed by atoms with van der Waals surface area (Å²) in [5.74, 6) is -0.0200. The fourth-order valence-electron chi connectivity index (χ4n) is 3.74. The third kappa shape index (κ3) is 4.06. The molecule has 0 spiro atoms. The Morgan fingerprint density at radius 3 is 2.73 bits per heavy atom. The number of nitrogens with two attached hydrogens (primary N) is 1. The zero-order valence-electron chi connectivity index (χ0n) is 16.6. The van der Waals surface area contributed by atoms with Gasteiger partial charge in [-0.2, -0.15) is 5.10 Å². The molecule has 4 rings (SSSR count). The number of hydrogen-bond donors (Lipinski definition) is 2. The average Bonchev–Trinajstić information content (AvgIpc) is 3.39. The highest BCUT2D eigenvalue weighted by Crippen LogP contribution is 2.46. The first-order chi connectivity index (χ1) is 14.2. The molecule has 0 bridgehead atoms. The van der Waals surface area contributed by atoms with Crippen LogP contribution >= 0.6 is 15.9 Å². The van der Waals surface area contributed by atoms with E-state index in [4.69, 9.17) is 5.73 Å². The van der Waals surface area contributed by atoms with Gasteiger partial charge in [-0.25, -0.2) is 17.9 Å². The zero-order chi connectivity index (χ0) is 21.6. The van der Waals surface area contributed by atoms with E-state index in [2.05, 4.69) is 31.3 Å². The van der Waals surface area contributed by atoms with Crippen LogP contribution in [0.4, 0.5) is 5.69 Å². The Labute approximate surface area is 182 Å².